The second-order valence-electron chi connectivity index (χ2n) is 8.07. The fraction of sp³-hybridized carbons (Fsp3) is 0.450. The van der Waals surface area contributed by atoms with Crippen LogP contribution in [0.25, 0.3) is 6.08 Å². The first-order chi connectivity index (χ1) is 12.3. The van der Waals surface area contributed by atoms with Crippen molar-refractivity contribution in [2.45, 2.75) is 40.0 Å². The Morgan fingerprint density at radius 3 is 2.77 bits per heavy atom. The van der Waals surface area contributed by atoms with E-state index in [4.69, 9.17) is 0 Å². The minimum Gasteiger partial charge on any atom is -0.299 e. The molecule has 0 aromatic heterocycles. The molecule has 6 heteroatoms. The highest BCUT2D eigenvalue weighted by atomic mass is 79.9. The number of fused-ring (bicyclic) bond motifs is 2. The third-order valence-corrected chi connectivity index (χ3v) is 7.96. The van der Waals surface area contributed by atoms with Gasteiger partial charge in [-0.05, 0) is 66.1 Å². The lowest BCUT2D eigenvalue weighted by Gasteiger charge is -2.34. The van der Waals surface area contributed by atoms with Gasteiger partial charge >= 0.3 is 0 Å². The van der Waals surface area contributed by atoms with E-state index in [2.05, 4.69) is 52.2 Å². The summed E-state index contributed by atoms with van der Waals surface area (Å²) in [6.45, 7) is 7.02. The molecule has 1 aliphatic heterocycles. The molecule has 3 fully saturated rings. The molecule has 2 unspecified atom stereocenters. The SMILES string of the molecule is CC12CCC(CC1=N/N=C1\NC(=O)/C(=C\c3cccc(Br)c3)S1)C2(C)C. The van der Waals surface area contributed by atoms with Crippen LogP contribution in [-0.2, 0) is 4.79 Å². The molecule has 0 spiro atoms. The standard InChI is InChI=1S/C20H22BrN3OS/c1-19(2)13-7-8-20(19,3)16(11-13)23-24-18-22-17(25)15(26-18)10-12-5-4-6-14(21)9-12/h4-6,9-10,13H,7-8,11H2,1-3H3,(H,22,24,25)/b15-10+,23-16?. The molecule has 1 saturated heterocycles. The molecule has 1 aromatic carbocycles. The van der Waals surface area contributed by atoms with E-state index in [9.17, 15) is 4.79 Å². The Morgan fingerprint density at radius 1 is 1.31 bits per heavy atom. The lowest BCUT2D eigenvalue weighted by atomic mass is 9.70. The van der Waals surface area contributed by atoms with E-state index in [-0.39, 0.29) is 16.7 Å². The van der Waals surface area contributed by atoms with Gasteiger partial charge in [0.2, 0.25) is 0 Å². The number of thioether (sulfide) groups is 1. The molecule has 136 valence electrons. The van der Waals surface area contributed by atoms with Gasteiger partial charge in [-0.15, -0.1) is 5.10 Å². The van der Waals surface area contributed by atoms with Crippen LogP contribution in [-0.4, -0.2) is 16.8 Å². The molecule has 2 aliphatic carbocycles. The zero-order chi connectivity index (χ0) is 18.5. The molecular weight excluding hydrogens is 410 g/mol. The second-order valence-corrected chi connectivity index (χ2v) is 10.0. The minimum atomic E-state index is -0.117. The number of amides is 1. The van der Waals surface area contributed by atoms with E-state index in [1.807, 2.05) is 30.3 Å². The maximum absolute atomic E-state index is 12.2. The van der Waals surface area contributed by atoms with Crippen molar-refractivity contribution in [3.63, 3.8) is 0 Å². The van der Waals surface area contributed by atoms with Crippen molar-refractivity contribution in [1.82, 2.24) is 5.32 Å². The Balaban J connectivity index is 1.55. The van der Waals surface area contributed by atoms with Gasteiger partial charge in [0.15, 0.2) is 5.17 Å². The Kier molecular flexibility index (Phi) is 4.39. The number of amidine groups is 1. The molecule has 1 heterocycles. The van der Waals surface area contributed by atoms with Crippen LogP contribution in [0.15, 0.2) is 43.8 Å². The third kappa shape index (κ3) is 2.87. The summed E-state index contributed by atoms with van der Waals surface area (Å²) in [5, 5.41) is 12.3. The van der Waals surface area contributed by atoms with Crippen molar-refractivity contribution in [2.75, 3.05) is 0 Å². The van der Waals surface area contributed by atoms with Gasteiger partial charge in [0.1, 0.15) is 0 Å². The average Bonchev–Trinajstić information content (AvgIpc) is 3.10. The first-order valence-corrected chi connectivity index (χ1v) is 10.5. The van der Waals surface area contributed by atoms with E-state index < -0.39 is 0 Å². The predicted octanol–water partition coefficient (Wildman–Crippen LogP) is 5.21. The Bertz CT molecular complexity index is 874. The Hall–Kier alpha value is -1.40. The van der Waals surface area contributed by atoms with Crippen molar-refractivity contribution in [1.29, 1.82) is 0 Å². The number of nitrogens with one attached hydrogen (secondary N) is 1. The zero-order valence-corrected chi connectivity index (χ0v) is 17.6. The molecule has 26 heavy (non-hydrogen) atoms. The normalized spacial score (nSPS) is 34.2. The highest BCUT2D eigenvalue weighted by Gasteiger charge is 2.60. The van der Waals surface area contributed by atoms with E-state index >= 15 is 0 Å². The van der Waals surface area contributed by atoms with Gasteiger partial charge in [0, 0.05) is 15.6 Å². The number of hydrogen-bond acceptors (Lipinski definition) is 4. The van der Waals surface area contributed by atoms with Crippen LogP contribution in [0.5, 0.6) is 0 Å². The average molecular weight is 432 g/mol. The van der Waals surface area contributed by atoms with Crippen LogP contribution in [0.2, 0.25) is 0 Å². The smallest absolute Gasteiger partial charge is 0.264 e. The molecule has 1 N–H and O–H groups in total. The van der Waals surface area contributed by atoms with Gasteiger partial charge < -0.3 is 0 Å². The number of halogens is 1. The van der Waals surface area contributed by atoms with Crippen molar-refractivity contribution in [2.24, 2.45) is 27.0 Å². The van der Waals surface area contributed by atoms with Crippen LogP contribution in [0.4, 0.5) is 0 Å². The summed E-state index contributed by atoms with van der Waals surface area (Å²) in [6, 6.07) is 7.87. The number of rotatable bonds is 2. The third-order valence-electron chi connectivity index (χ3n) is 6.57. The molecule has 2 bridgehead atoms. The van der Waals surface area contributed by atoms with Crippen LogP contribution in [0.1, 0.15) is 45.6 Å². The van der Waals surface area contributed by atoms with E-state index in [0.29, 0.717) is 16.0 Å². The molecule has 0 radical (unpaired) electrons. The summed E-state index contributed by atoms with van der Waals surface area (Å²) in [5.74, 6) is 0.581. The molecule has 1 aromatic rings. The summed E-state index contributed by atoms with van der Waals surface area (Å²) < 4.78 is 0.989. The number of carbonyl (C=O) groups excluding carboxylic acids is 1. The minimum absolute atomic E-state index is 0.117. The lowest BCUT2D eigenvalue weighted by molar-refractivity contribution is -0.115. The number of carbonyl (C=O) groups is 1. The molecule has 4 rings (SSSR count). The van der Waals surface area contributed by atoms with Crippen molar-refractivity contribution >= 4 is 50.6 Å². The summed E-state index contributed by atoms with van der Waals surface area (Å²) in [5.41, 5.74) is 2.57. The van der Waals surface area contributed by atoms with Crippen molar-refractivity contribution < 1.29 is 4.79 Å². The molecule has 1 amide bonds. The van der Waals surface area contributed by atoms with Gasteiger partial charge in [-0.2, -0.15) is 5.10 Å². The summed E-state index contributed by atoms with van der Waals surface area (Å²) in [4.78, 5) is 12.9. The maximum atomic E-state index is 12.2. The molecule has 2 saturated carbocycles. The maximum Gasteiger partial charge on any atom is 0.264 e. The van der Waals surface area contributed by atoms with Crippen LogP contribution in [0, 0.1) is 16.7 Å². The van der Waals surface area contributed by atoms with Crippen LogP contribution >= 0.6 is 27.7 Å². The lowest BCUT2D eigenvalue weighted by Crippen LogP contribution is -2.32. The highest BCUT2D eigenvalue weighted by Crippen LogP contribution is 2.64. The fourth-order valence-electron chi connectivity index (χ4n) is 4.41. The van der Waals surface area contributed by atoms with Gasteiger partial charge in [-0.25, -0.2) is 0 Å². The Morgan fingerprint density at radius 2 is 2.12 bits per heavy atom. The fourth-order valence-corrected chi connectivity index (χ4v) is 5.60. The highest BCUT2D eigenvalue weighted by molar-refractivity contribution is 9.10. The number of nitrogens with zero attached hydrogens (tertiary/aromatic N) is 2. The van der Waals surface area contributed by atoms with Gasteiger partial charge in [-0.1, -0.05) is 48.8 Å². The molecular formula is C20H22BrN3OS. The van der Waals surface area contributed by atoms with Crippen molar-refractivity contribution in [3.8, 4) is 0 Å². The second kappa shape index (κ2) is 6.34. The van der Waals surface area contributed by atoms with Crippen molar-refractivity contribution in [3.05, 3.63) is 39.2 Å². The first-order valence-electron chi connectivity index (χ1n) is 8.91. The summed E-state index contributed by atoms with van der Waals surface area (Å²) >= 11 is 4.80. The van der Waals surface area contributed by atoms with E-state index in [1.165, 1.54) is 30.3 Å². The zero-order valence-electron chi connectivity index (χ0n) is 15.2. The van der Waals surface area contributed by atoms with Gasteiger partial charge in [0.05, 0.1) is 4.91 Å². The molecule has 2 atom stereocenters. The van der Waals surface area contributed by atoms with Crippen LogP contribution < -0.4 is 5.32 Å². The predicted molar refractivity (Wildman–Crippen MR) is 112 cm³/mol. The number of benzene rings is 1. The van der Waals surface area contributed by atoms with E-state index in [0.717, 1.165) is 16.5 Å². The van der Waals surface area contributed by atoms with Gasteiger partial charge in [0.25, 0.3) is 5.91 Å². The molecule has 3 aliphatic rings. The summed E-state index contributed by atoms with van der Waals surface area (Å²) in [7, 11) is 0. The largest absolute Gasteiger partial charge is 0.299 e. The first kappa shape index (κ1) is 18.0. The van der Waals surface area contributed by atoms with E-state index in [1.54, 1.807) is 0 Å². The molecule has 4 nitrogen and oxygen atoms in total. The van der Waals surface area contributed by atoms with Gasteiger partial charge in [-0.3, -0.25) is 10.1 Å². The Labute approximate surface area is 166 Å². The summed E-state index contributed by atoms with van der Waals surface area (Å²) in [6.07, 6.45) is 5.37. The quantitative estimate of drug-likeness (QED) is 0.515. The number of hydrogen-bond donors (Lipinski definition) is 1. The monoisotopic (exact) mass is 431 g/mol. The topological polar surface area (TPSA) is 53.8 Å². The van der Waals surface area contributed by atoms with Crippen LogP contribution in [0.3, 0.4) is 0 Å².